The number of nitrogens with two attached hydrogens (primary N) is 1. The van der Waals surface area contributed by atoms with E-state index in [1.54, 1.807) is 4.90 Å². The Balaban J connectivity index is 2.44. The first-order valence-electron chi connectivity index (χ1n) is 5.72. The van der Waals surface area contributed by atoms with Gasteiger partial charge in [0.05, 0.1) is 17.3 Å². The molecule has 1 amide bonds. The highest BCUT2D eigenvalue weighted by molar-refractivity contribution is 5.99. The molecule has 2 rings (SSSR count). The van der Waals surface area contributed by atoms with Gasteiger partial charge in [0.2, 0.25) is 5.91 Å². The lowest BCUT2D eigenvalue weighted by atomic mass is 10.0. The number of aryl methyl sites for hydroxylation is 1. The van der Waals surface area contributed by atoms with Gasteiger partial charge in [-0.25, -0.2) is 0 Å². The van der Waals surface area contributed by atoms with Gasteiger partial charge in [0.15, 0.2) is 0 Å². The number of carbonyl (C=O) groups is 1. The normalized spacial score (nSPS) is 20.2. The fraction of sp³-hybridized carbons (Fsp3) is 0.385. The standard InChI is InChI=1S/C13H15N3O/c1-9-4-2-6-12(10(9)8-14)16-7-3-5-11(15)13(16)17/h2,4,6,11H,3,5,7,15H2,1H3. The van der Waals surface area contributed by atoms with Gasteiger partial charge in [0.25, 0.3) is 0 Å². The third kappa shape index (κ3) is 2.02. The average molecular weight is 229 g/mol. The summed E-state index contributed by atoms with van der Waals surface area (Å²) in [6.07, 6.45) is 1.61. The topological polar surface area (TPSA) is 70.1 Å². The van der Waals surface area contributed by atoms with E-state index in [0.29, 0.717) is 17.8 Å². The zero-order valence-electron chi connectivity index (χ0n) is 9.81. The van der Waals surface area contributed by atoms with Gasteiger partial charge < -0.3 is 10.6 Å². The first-order chi connectivity index (χ1) is 8.15. The Bertz CT molecular complexity index is 490. The van der Waals surface area contributed by atoms with Crippen molar-refractivity contribution in [3.05, 3.63) is 29.3 Å². The van der Waals surface area contributed by atoms with E-state index in [1.807, 2.05) is 25.1 Å². The molecule has 0 bridgehead atoms. The fourth-order valence-corrected chi connectivity index (χ4v) is 2.16. The predicted molar refractivity (Wildman–Crippen MR) is 65.5 cm³/mol. The van der Waals surface area contributed by atoms with Crippen molar-refractivity contribution in [2.75, 3.05) is 11.4 Å². The number of hydrogen-bond acceptors (Lipinski definition) is 3. The Hall–Kier alpha value is -1.86. The van der Waals surface area contributed by atoms with Crippen LogP contribution >= 0.6 is 0 Å². The van der Waals surface area contributed by atoms with E-state index in [4.69, 9.17) is 11.0 Å². The minimum absolute atomic E-state index is 0.0849. The lowest BCUT2D eigenvalue weighted by Crippen LogP contribution is -2.48. The van der Waals surface area contributed by atoms with Gasteiger partial charge in [-0.3, -0.25) is 4.79 Å². The van der Waals surface area contributed by atoms with E-state index in [9.17, 15) is 4.79 Å². The van der Waals surface area contributed by atoms with Crippen LogP contribution in [0.4, 0.5) is 5.69 Å². The van der Waals surface area contributed by atoms with E-state index in [-0.39, 0.29) is 5.91 Å². The lowest BCUT2D eigenvalue weighted by Gasteiger charge is -2.31. The summed E-state index contributed by atoms with van der Waals surface area (Å²) in [5.41, 5.74) is 7.90. The number of carbonyl (C=O) groups excluding carboxylic acids is 1. The van der Waals surface area contributed by atoms with Crippen LogP contribution in [-0.2, 0) is 4.79 Å². The number of anilines is 1. The molecule has 0 aliphatic carbocycles. The number of rotatable bonds is 1. The molecule has 1 aromatic rings. The SMILES string of the molecule is Cc1cccc(N2CCCC(N)C2=O)c1C#N. The molecule has 4 heteroatoms. The number of hydrogen-bond donors (Lipinski definition) is 1. The number of nitrogens with zero attached hydrogens (tertiary/aromatic N) is 2. The van der Waals surface area contributed by atoms with Gasteiger partial charge in [-0.1, -0.05) is 12.1 Å². The predicted octanol–water partition coefficient (Wildman–Crippen LogP) is 1.32. The number of amides is 1. The summed E-state index contributed by atoms with van der Waals surface area (Å²) in [5, 5.41) is 9.16. The number of piperidine rings is 1. The van der Waals surface area contributed by atoms with Crippen molar-refractivity contribution < 1.29 is 4.79 Å². The van der Waals surface area contributed by atoms with E-state index in [0.717, 1.165) is 18.4 Å². The van der Waals surface area contributed by atoms with Crippen LogP contribution in [0.25, 0.3) is 0 Å². The summed E-state index contributed by atoms with van der Waals surface area (Å²) < 4.78 is 0. The van der Waals surface area contributed by atoms with Crippen molar-refractivity contribution >= 4 is 11.6 Å². The zero-order chi connectivity index (χ0) is 12.4. The van der Waals surface area contributed by atoms with Crippen LogP contribution < -0.4 is 10.6 Å². The van der Waals surface area contributed by atoms with Crippen LogP contribution in [0.3, 0.4) is 0 Å². The van der Waals surface area contributed by atoms with E-state index < -0.39 is 6.04 Å². The van der Waals surface area contributed by atoms with Crippen LogP contribution in [0.15, 0.2) is 18.2 Å². The highest BCUT2D eigenvalue weighted by Crippen LogP contribution is 2.26. The molecule has 0 spiro atoms. The molecule has 1 unspecified atom stereocenters. The van der Waals surface area contributed by atoms with Crippen molar-refractivity contribution in [3.8, 4) is 6.07 Å². The molecular formula is C13H15N3O. The second-order valence-corrected chi connectivity index (χ2v) is 4.32. The Labute approximate surface area is 101 Å². The summed E-state index contributed by atoms with van der Waals surface area (Å²) >= 11 is 0. The van der Waals surface area contributed by atoms with Gasteiger partial charge in [-0.2, -0.15) is 5.26 Å². The van der Waals surface area contributed by atoms with Crippen molar-refractivity contribution in [3.63, 3.8) is 0 Å². The van der Waals surface area contributed by atoms with Crippen molar-refractivity contribution in [2.45, 2.75) is 25.8 Å². The molecule has 1 heterocycles. The Morgan fingerprint density at radius 2 is 2.29 bits per heavy atom. The highest BCUT2D eigenvalue weighted by Gasteiger charge is 2.28. The molecule has 1 aliphatic rings. The summed E-state index contributed by atoms with van der Waals surface area (Å²) in [6.45, 7) is 2.51. The fourth-order valence-electron chi connectivity index (χ4n) is 2.16. The van der Waals surface area contributed by atoms with Crippen molar-refractivity contribution in [2.24, 2.45) is 5.73 Å². The second-order valence-electron chi connectivity index (χ2n) is 4.32. The maximum atomic E-state index is 12.0. The summed E-state index contributed by atoms with van der Waals surface area (Å²) in [5.74, 6) is -0.0849. The van der Waals surface area contributed by atoms with Crippen molar-refractivity contribution in [1.29, 1.82) is 5.26 Å². The quantitative estimate of drug-likeness (QED) is 0.789. The minimum Gasteiger partial charge on any atom is -0.320 e. The first kappa shape index (κ1) is 11.6. The molecule has 1 fully saturated rings. The van der Waals surface area contributed by atoms with Gasteiger partial charge in [0, 0.05) is 6.54 Å². The number of benzene rings is 1. The van der Waals surface area contributed by atoms with Gasteiger partial charge >= 0.3 is 0 Å². The van der Waals surface area contributed by atoms with Crippen LogP contribution in [0.2, 0.25) is 0 Å². The third-order valence-corrected chi connectivity index (χ3v) is 3.13. The summed E-state index contributed by atoms with van der Waals surface area (Å²) in [4.78, 5) is 13.6. The van der Waals surface area contributed by atoms with E-state index in [2.05, 4.69) is 6.07 Å². The number of nitriles is 1. The molecular weight excluding hydrogens is 214 g/mol. The Morgan fingerprint density at radius 1 is 1.53 bits per heavy atom. The highest BCUT2D eigenvalue weighted by atomic mass is 16.2. The third-order valence-electron chi connectivity index (χ3n) is 3.13. The van der Waals surface area contributed by atoms with Crippen molar-refractivity contribution in [1.82, 2.24) is 0 Å². The van der Waals surface area contributed by atoms with Crippen LogP contribution in [0.1, 0.15) is 24.0 Å². The smallest absolute Gasteiger partial charge is 0.243 e. The van der Waals surface area contributed by atoms with Gasteiger partial charge in [0.1, 0.15) is 6.07 Å². The second kappa shape index (κ2) is 4.56. The summed E-state index contributed by atoms with van der Waals surface area (Å²) in [7, 11) is 0. The Morgan fingerprint density at radius 3 is 3.00 bits per heavy atom. The lowest BCUT2D eigenvalue weighted by molar-refractivity contribution is -0.120. The Kier molecular flexibility index (Phi) is 3.12. The largest absolute Gasteiger partial charge is 0.320 e. The van der Waals surface area contributed by atoms with Crippen LogP contribution in [0, 0.1) is 18.3 Å². The maximum absolute atomic E-state index is 12.0. The first-order valence-corrected chi connectivity index (χ1v) is 5.72. The van der Waals surface area contributed by atoms with E-state index >= 15 is 0 Å². The van der Waals surface area contributed by atoms with Crippen LogP contribution in [0.5, 0.6) is 0 Å². The van der Waals surface area contributed by atoms with Gasteiger partial charge in [-0.15, -0.1) is 0 Å². The molecule has 0 radical (unpaired) electrons. The molecule has 1 aromatic carbocycles. The van der Waals surface area contributed by atoms with E-state index in [1.165, 1.54) is 0 Å². The molecule has 0 saturated carbocycles. The molecule has 2 N–H and O–H groups in total. The average Bonchev–Trinajstić information content (AvgIpc) is 2.32. The minimum atomic E-state index is -0.434. The van der Waals surface area contributed by atoms with Crippen LogP contribution in [-0.4, -0.2) is 18.5 Å². The molecule has 88 valence electrons. The zero-order valence-corrected chi connectivity index (χ0v) is 9.81. The molecule has 1 saturated heterocycles. The molecule has 4 nitrogen and oxygen atoms in total. The summed E-state index contributed by atoms with van der Waals surface area (Å²) in [6, 6.07) is 7.27. The van der Waals surface area contributed by atoms with Gasteiger partial charge in [-0.05, 0) is 31.4 Å². The molecule has 0 aromatic heterocycles. The monoisotopic (exact) mass is 229 g/mol. The molecule has 1 aliphatic heterocycles. The molecule has 1 atom stereocenters. The maximum Gasteiger partial charge on any atom is 0.243 e. The molecule has 17 heavy (non-hydrogen) atoms.